The third kappa shape index (κ3) is 6.19. The smallest absolute Gasteiger partial charge is 0.244 e. The molecule has 1 saturated carbocycles. The molecule has 2 fully saturated rings. The highest BCUT2D eigenvalue weighted by Crippen LogP contribution is 2.35. The van der Waals surface area contributed by atoms with Gasteiger partial charge in [-0.15, -0.1) is 0 Å². The van der Waals surface area contributed by atoms with Crippen LogP contribution in [-0.2, 0) is 20.9 Å². The molecule has 2 amide bonds. The van der Waals surface area contributed by atoms with Crippen molar-refractivity contribution in [2.24, 2.45) is 5.73 Å². The Bertz CT molecular complexity index is 917. The summed E-state index contributed by atoms with van der Waals surface area (Å²) in [6.45, 7) is 2.58. The van der Waals surface area contributed by atoms with Gasteiger partial charge >= 0.3 is 0 Å². The van der Waals surface area contributed by atoms with Gasteiger partial charge in [0, 0.05) is 43.6 Å². The van der Waals surface area contributed by atoms with Gasteiger partial charge in [0.05, 0.1) is 19.3 Å². The molecule has 1 saturated heterocycles. The van der Waals surface area contributed by atoms with Gasteiger partial charge < -0.3 is 20.9 Å². The van der Waals surface area contributed by atoms with Gasteiger partial charge in [0.15, 0.2) is 0 Å². The number of fused-ring (bicyclic) bond motifs is 1. The Hall–Kier alpha value is -2.28. The Morgan fingerprint density at radius 3 is 2.79 bits per heavy atom. The molecule has 0 aromatic heterocycles. The Kier molecular flexibility index (Phi) is 8.12. The van der Waals surface area contributed by atoms with Crippen LogP contribution in [0.5, 0.6) is 0 Å². The van der Waals surface area contributed by atoms with Crippen LogP contribution in [0.4, 0.5) is 0 Å². The number of nitrogens with zero attached hydrogens (tertiary/aromatic N) is 1. The van der Waals surface area contributed by atoms with Gasteiger partial charge in [-0.1, -0.05) is 17.9 Å². The summed E-state index contributed by atoms with van der Waals surface area (Å²) in [6, 6.07) is 6.18. The van der Waals surface area contributed by atoms with Gasteiger partial charge in [0.2, 0.25) is 11.8 Å². The number of benzene rings is 1. The van der Waals surface area contributed by atoms with E-state index >= 15 is 0 Å². The number of carbonyl (C=O) groups is 2. The number of piperidine rings is 1. The lowest BCUT2D eigenvalue weighted by Crippen LogP contribution is -2.51. The van der Waals surface area contributed by atoms with Crippen molar-refractivity contribution in [1.29, 1.82) is 0 Å². The van der Waals surface area contributed by atoms with E-state index in [9.17, 15) is 14.7 Å². The largest absolute Gasteiger partial charge is 0.379 e. The van der Waals surface area contributed by atoms with Crippen LogP contribution >= 0.6 is 0 Å². The fraction of sp³-hybridized carbons (Fsp3) is 0.600. The lowest BCUT2D eigenvalue weighted by molar-refractivity contribution is -0.141. The number of aliphatic hydroxyl groups is 1. The van der Waals surface area contributed by atoms with Crippen LogP contribution in [0, 0.1) is 11.8 Å². The van der Waals surface area contributed by atoms with Gasteiger partial charge in [0.25, 0.3) is 0 Å². The van der Waals surface area contributed by atoms with Crippen LogP contribution in [0.2, 0.25) is 0 Å². The first-order valence-electron chi connectivity index (χ1n) is 12.0. The van der Waals surface area contributed by atoms with E-state index < -0.39 is 12.3 Å². The van der Waals surface area contributed by atoms with Crippen molar-refractivity contribution >= 4 is 11.8 Å². The van der Waals surface area contributed by atoms with Crippen LogP contribution in [0.1, 0.15) is 67.9 Å². The molecule has 3 aliphatic rings. The van der Waals surface area contributed by atoms with E-state index in [1.165, 1.54) is 0 Å². The zero-order valence-corrected chi connectivity index (χ0v) is 19.0. The van der Waals surface area contributed by atoms with Gasteiger partial charge in [-0.25, -0.2) is 0 Å². The third-order valence-electron chi connectivity index (χ3n) is 6.75. The van der Waals surface area contributed by atoms with E-state index in [4.69, 9.17) is 10.5 Å². The molecule has 0 radical (unpaired) electrons. The Balaban J connectivity index is 1.19. The van der Waals surface area contributed by atoms with E-state index in [2.05, 4.69) is 22.5 Å². The summed E-state index contributed by atoms with van der Waals surface area (Å²) < 4.78 is 5.68. The zero-order valence-electron chi connectivity index (χ0n) is 19.0. The van der Waals surface area contributed by atoms with Crippen molar-refractivity contribution in [2.45, 2.75) is 75.8 Å². The average Bonchev–Trinajstić information content (AvgIpc) is 3.12. The molecule has 4 rings (SSSR count). The summed E-state index contributed by atoms with van der Waals surface area (Å²) in [6.07, 6.45) is 5.02. The number of ether oxygens (including phenoxy) is 1. The fourth-order valence-electron chi connectivity index (χ4n) is 4.86. The molecule has 178 valence electrons. The number of imide groups is 1. The van der Waals surface area contributed by atoms with Crippen LogP contribution < -0.4 is 16.4 Å². The Morgan fingerprint density at radius 1 is 1.18 bits per heavy atom. The number of rotatable bonds is 7. The number of hydrogen-bond donors (Lipinski definition) is 4. The summed E-state index contributed by atoms with van der Waals surface area (Å²) in [5, 5.41) is 16.6. The SMILES string of the molecule is NC1CCC(NCCOCCC#Cc2ccc3c(c2)CN(C2CCC(=O)NC2=O)C3O)CC1. The minimum Gasteiger partial charge on any atom is -0.379 e. The maximum absolute atomic E-state index is 12.2. The highest BCUT2D eigenvalue weighted by atomic mass is 16.5. The molecule has 2 unspecified atom stereocenters. The molecule has 1 aromatic rings. The number of aliphatic hydroxyl groups excluding tert-OH is 1. The first-order valence-corrected chi connectivity index (χ1v) is 12.0. The zero-order chi connectivity index (χ0) is 23.2. The summed E-state index contributed by atoms with van der Waals surface area (Å²) in [5.74, 6) is 5.72. The van der Waals surface area contributed by atoms with E-state index in [1.54, 1.807) is 4.90 Å². The number of nitrogens with two attached hydrogens (primary N) is 1. The number of carbonyl (C=O) groups excluding carboxylic acids is 2. The second-order valence-corrected chi connectivity index (χ2v) is 9.16. The van der Waals surface area contributed by atoms with Crippen molar-refractivity contribution in [3.8, 4) is 11.8 Å². The summed E-state index contributed by atoms with van der Waals surface area (Å²) >= 11 is 0. The first-order chi connectivity index (χ1) is 16.0. The molecule has 2 aliphatic heterocycles. The number of nitrogens with one attached hydrogen (secondary N) is 2. The third-order valence-corrected chi connectivity index (χ3v) is 6.75. The molecular weight excluding hydrogens is 420 g/mol. The van der Waals surface area contributed by atoms with Crippen LogP contribution in [0.25, 0.3) is 0 Å². The minimum atomic E-state index is -0.849. The molecule has 8 heteroatoms. The molecule has 2 heterocycles. The summed E-state index contributed by atoms with van der Waals surface area (Å²) in [7, 11) is 0. The van der Waals surface area contributed by atoms with Gasteiger partial charge in [0.1, 0.15) is 6.23 Å². The van der Waals surface area contributed by atoms with Gasteiger partial charge in [-0.2, -0.15) is 0 Å². The van der Waals surface area contributed by atoms with E-state index in [-0.39, 0.29) is 11.8 Å². The van der Waals surface area contributed by atoms with E-state index in [0.717, 1.165) is 48.9 Å². The second-order valence-electron chi connectivity index (χ2n) is 9.16. The topological polar surface area (TPSA) is 117 Å². The molecule has 1 aromatic carbocycles. The fourth-order valence-corrected chi connectivity index (χ4v) is 4.86. The minimum absolute atomic E-state index is 0.255. The van der Waals surface area contributed by atoms with Crippen molar-refractivity contribution in [3.63, 3.8) is 0 Å². The number of hydrogen-bond acceptors (Lipinski definition) is 7. The second kappa shape index (κ2) is 11.2. The molecule has 33 heavy (non-hydrogen) atoms. The van der Waals surface area contributed by atoms with Crippen molar-refractivity contribution < 1.29 is 19.4 Å². The quantitative estimate of drug-likeness (QED) is 0.275. The van der Waals surface area contributed by atoms with Crippen molar-refractivity contribution in [3.05, 3.63) is 34.9 Å². The summed E-state index contributed by atoms with van der Waals surface area (Å²) in [5.41, 5.74) is 8.57. The van der Waals surface area contributed by atoms with Gasteiger partial charge in [-0.05, 0) is 55.4 Å². The lowest BCUT2D eigenvalue weighted by Gasteiger charge is -2.31. The number of amides is 2. The first kappa shape index (κ1) is 23.9. The molecule has 5 N–H and O–H groups in total. The van der Waals surface area contributed by atoms with Crippen LogP contribution in [0.3, 0.4) is 0 Å². The molecule has 8 nitrogen and oxygen atoms in total. The highest BCUT2D eigenvalue weighted by molar-refractivity contribution is 6.00. The maximum atomic E-state index is 12.2. The Labute approximate surface area is 195 Å². The molecule has 1 aliphatic carbocycles. The van der Waals surface area contributed by atoms with Crippen molar-refractivity contribution in [1.82, 2.24) is 15.5 Å². The predicted molar refractivity (Wildman–Crippen MR) is 124 cm³/mol. The predicted octanol–water partition coefficient (Wildman–Crippen LogP) is 0.916. The van der Waals surface area contributed by atoms with Crippen molar-refractivity contribution in [2.75, 3.05) is 19.8 Å². The molecule has 0 bridgehead atoms. The van der Waals surface area contributed by atoms with E-state index in [1.807, 2.05) is 18.2 Å². The molecule has 0 spiro atoms. The summed E-state index contributed by atoms with van der Waals surface area (Å²) in [4.78, 5) is 25.3. The molecular formula is C25H34N4O4. The standard InChI is InChI=1S/C25H34N4O4/c26-19-5-7-20(8-6-19)27-12-14-33-13-2-1-3-17-4-9-21-18(15-17)16-29(25(21)32)22-10-11-23(30)28-24(22)31/h4,9,15,19-20,22,25,27,32H,2,5-8,10-14,16,26H2,(H,28,30,31). The van der Waals surface area contributed by atoms with Gasteiger partial charge in [-0.3, -0.25) is 19.8 Å². The lowest BCUT2D eigenvalue weighted by atomic mass is 9.92. The maximum Gasteiger partial charge on any atom is 0.244 e. The normalized spacial score (nSPS) is 27.6. The monoisotopic (exact) mass is 454 g/mol. The van der Waals surface area contributed by atoms with Crippen LogP contribution in [0.15, 0.2) is 18.2 Å². The van der Waals surface area contributed by atoms with Crippen LogP contribution in [-0.4, -0.2) is 59.7 Å². The Morgan fingerprint density at radius 2 is 2.00 bits per heavy atom. The molecule has 2 atom stereocenters. The average molecular weight is 455 g/mol. The highest BCUT2D eigenvalue weighted by Gasteiger charge is 2.39. The van der Waals surface area contributed by atoms with E-state index in [0.29, 0.717) is 51.1 Å².